The molecule has 156 valence electrons. The quantitative estimate of drug-likeness (QED) is 0.598. The number of nitriles is 1. The minimum Gasteiger partial charge on any atom is -0.486 e. The standard InChI is InChI=1S/C24H20N2O4S/c1-16(30-18-7-5-6-17(12-18)15-25)24(27)26-20-13-21-22(29-11-10-28-21)14-23(20)31-19-8-3-2-4-9-19/h2-9,12-14,16H,10-11H2,1H3,(H,26,27). The van der Waals surface area contributed by atoms with Crippen LogP contribution >= 0.6 is 11.8 Å². The van der Waals surface area contributed by atoms with Crippen molar-refractivity contribution >= 4 is 23.4 Å². The van der Waals surface area contributed by atoms with E-state index in [2.05, 4.69) is 11.4 Å². The van der Waals surface area contributed by atoms with Crippen LogP contribution in [0.4, 0.5) is 5.69 Å². The molecule has 1 unspecified atom stereocenters. The zero-order valence-electron chi connectivity index (χ0n) is 16.8. The van der Waals surface area contributed by atoms with Gasteiger partial charge in [-0.2, -0.15) is 5.26 Å². The number of amides is 1. The normalized spacial score (nSPS) is 13.0. The molecule has 1 aliphatic rings. The number of ether oxygens (including phenoxy) is 3. The van der Waals surface area contributed by atoms with Crippen molar-refractivity contribution in [3.8, 4) is 23.3 Å². The van der Waals surface area contributed by atoms with Gasteiger partial charge < -0.3 is 19.5 Å². The topological polar surface area (TPSA) is 80.6 Å². The average molecular weight is 433 g/mol. The highest BCUT2D eigenvalue weighted by Crippen LogP contribution is 2.42. The van der Waals surface area contributed by atoms with E-state index in [9.17, 15) is 4.79 Å². The minimum atomic E-state index is -0.767. The monoisotopic (exact) mass is 432 g/mol. The molecule has 1 N–H and O–H groups in total. The second-order valence-electron chi connectivity index (χ2n) is 6.80. The first-order valence-corrected chi connectivity index (χ1v) is 10.6. The molecule has 1 aliphatic heterocycles. The summed E-state index contributed by atoms with van der Waals surface area (Å²) >= 11 is 1.52. The number of nitrogens with zero attached hydrogens (tertiary/aromatic N) is 1. The van der Waals surface area contributed by atoms with Crippen molar-refractivity contribution in [2.75, 3.05) is 18.5 Å². The van der Waals surface area contributed by atoms with Crippen molar-refractivity contribution in [2.45, 2.75) is 22.8 Å². The number of hydrogen-bond acceptors (Lipinski definition) is 6. The van der Waals surface area contributed by atoms with Crippen molar-refractivity contribution < 1.29 is 19.0 Å². The number of rotatable bonds is 6. The number of carbonyl (C=O) groups excluding carboxylic acids is 1. The maximum Gasteiger partial charge on any atom is 0.265 e. The third kappa shape index (κ3) is 5.11. The highest BCUT2D eigenvalue weighted by Gasteiger charge is 2.21. The summed E-state index contributed by atoms with van der Waals surface area (Å²) in [6, 6.07) is 22.3. The van der Waals surface area contributed by atoms with E-state index in [4.69, 9.17) is 19.5 Å². The van der Waals surface area contributed by atoms with E-state index in [0.717, 1.165) is 9.79 Å². The summed E-state index contributed by atoms with van der Waals surface area (Å²) in [5.41, 5.74) is 1.09. The van der Waals surface area contributed by atoms with E-state index in [-0.39, 0.29) is 5.91 Å². The van der Waals surface area contributed by atoms with Crippen LogP contribution in [0.25, 0.3) is 0 Å². The minimum absolute atomic E-state index is 0.311. The predicted octanol–water partition coefficient (Wildman–Crippen LogP) is 4.89. The molecule has 0 aliphatic carbocycles. The van der Waals surface area contributed by atoms with E-state index >= 15 is 0 Å². The summed E-state index contributed by atoms with van der Waals surface area (Å²) in [4.78, 5) is 14.7. The second-order valence-corrected chi connectivity index (χ2v) is 7.91. The molecule has 0 bridgehead atoms. The Balaban J connectivity index is 1.55. The van der Waals surface area contributed by atoms with Crippen molar-refractivity contribution in [1.82, 2.24) is 0 Å². The van der Waals surface area contributed by atoms with E-state index in [1.54, 1.807) is 37.3 Å². The second kappa shape index (κ2) is 9.45. The number of fused-ring (bicyclic) bond motifs is 1. The van der Waals surface area contributed by atoms with E-state index in [0.29, 0.717) is 41.7 Å². The van der Waals surface area contributed by atoms with Gasteiger partial charge in [0.1, 0.15) is 19.0 Å². The largest absolute Gasteiger partial charge is 0.486 e. The van der Waals surface area contributed by atoms with Gasteiger partial charge in [0.15, 0.2) is 17.6 Å². The van der Waals surface area contributed by atoms with Gasteiger partial charge in [-0.15, -0.1) is 0 Å². The number of nitrogens with one attached hydrogen (secondary N) is 1. The van der Waals surface area contributed by atoms with Gasteiger partial charge in [-0.3, -0.25) is 4.79 Å². The van der Waals surface area contributed by atoms with Gasteiger partial charge >= 0.3 is 0 Å². The van der Waals surface area contributed by atoms with Gasteiger partial charge in [0.25, 0.3) is 5.91 Å². The van der Waals surface area contributed by atoms with Crippen molar-refractivity contribution in [1.29, 1.82) is 5.26 Å². The molecule has 1 atom stereocenters. The maximum atomic E-state index is 12.9. The molecule has 1 amide bonds. The van der Waals surface area contributed by atoms with Gasteiger partial charge in [0.2, 0.25) is 0 Å². The van der Waals surface area contributed by atoms with E-state index < -0.39 is 6.10 Å². The van der Waals surface area contributed by atoms with Crippen LogP contribution in [0.3, 0.4) is 0 Å². The summed E-state index contributed by atoms with van der Waals surface area (Å²) in [7, 11) is 0. The Morgan fingerprint density at radius 3 is 2.55 bits per heavy atom. The molecule has 31 heavy (non-hydrogen) atoms. The van der Waals surface area contributed by atoms with Crippen LogP contribution in [0.1, 0.15) is 12.5 Å². The Hall–Kier alpha value is -3.63. The Morgan fingerprint density at radius 2 is 1.81 bits per heavy atom. The van der Waals surface area contributed by atoms with Gasteiger partial charge in [-0.1, -0.05) is 36.0 Å². The molecule has 0 radical (unpaired) electrons. The summed E-state index contributed by atoms with van der Waals surface area (Å²) in [6.07, 6.45) is -0.767. The third-order valence-electron chi connectivity index (χ3n) is 4.52. The molecule has 6 nitrogen and oxygen atoms in total. The first-order valence-electron chi connectivity index (χ1n) is 9.76. The van der Waals surface area contributed by atoms with Crippen LogP contribution in [-0.4, -0.2) is 25.2 Å². The molecule has 3 aromatic carbocycles. The van der Waals surface area contributed by atoms with Gasteiger partial charge in [0.05, 0.1) is 17.3 Å². The van der Waals surface area contributed by atoms with Crippen LogP contribution in [0.5, 0.6) is 17.2 Å². The van der Waals surface area contributed by atoms with Crippen molar-refractivity contribution in [3.63, 3.8) is 0 Å². The lowest BCUT2D eigenvalue weighted by Gasteiger charge is -2.22. The molecule has 1 heterocycles. The smallest absolute Gasteiger partial charge is 0.265 e. The summed E-state index contributed by atoms with van der Waals surface area (Å²) in [5, 5.41) is 12.0. The fraction of sp³-hybridized carbons (Fsp3) is 0.167. The van der Waals surface area contributed by atoms with Crippen molar-refractivity contribution in [3.05, 3.63) is 72.3 Å². The summed E-state index contributed by atoms with van der Waals surface area (Å²) < 4.78 is 17.1. The first-order chi connectivity index (χ1) is 15.1. The fourth-order valence-corrected chi connectivity index (χ4v) is 3.93. The highest BCUT2D eigenvalue weighted by atomic mass is 32.2. The van der Waals surface area contributed by atoms with Crippen LogP contribution < -0.4 is 19.5 Å². The van der Waals surface area contributed by atoms with Crippen molar-refractivity contribution in [2.24, 2.45) is 0 Å². The Labute approximate surface area is 184 Å². The van der Waals surface area contributed by atoms with E-state index in [1.165, 1.54) is 11.8 Å². The molecule has 0 fully saturated rings. The maximum absolute atomic E-state index is 12.9. The van der Waals surface area contributed by atoms with Gasteiger partial charge in [-0.05, 0) is 37.3 Å². The van der Waals surface area contributed by atoms with Gasteiger partial charge in [-0.25, -0.2) is 0 Å². The lowest BCUT2D eigenvalue weighted by molar-refractivity contribution is -0.122. The SMILES string of the molecule is CC(Oc1cccc(C#N)c1)C(=O)Nc1cc2c(cc1Sc1ccccc1)OCCO2. The number of carbonyl (C=O) groups is 1. The van der Waals surface area contributed by atoms with Gasteiger partial charge in [0, 0.05) is 21.9 Å². The fourth-order valence-electron chi connectivity index (χ4n) is 3.00. The molecular weight excluding hydrogens is 412 g/mol. The Kier molecular flexibility index (Phi) is 6.29. The Bertz CT molecular complexity index is 1130. The van der Waals surface area contributed by atoms with Crippen LogP contribution in [0.2, 0.25) is 0 Å². The number of anilines is 1. The lowest BCUT2D eigenvalue weighted by atomic mass is 10.2. The van der Waals surface area contributed by atoms with Crippen LogP contribution in [-0.2, 0) is 4.79 Å². The lowest BCUT2D eigenvalue weighted by Crippen LogP contribution is -2.30. The summed E-state index contributed by atoms with van der Waals surface area (Å²) in [5.74, 6) is 1.39. The molecule has 0 aromatic heterocycles. The number of benzene rings is 3. The first kappa shape index (κ1) is 20.6. The predicted molar refractivity (Wildman–Crippen MR) is 118 cm³/mol. The third-order valence-corrected chi connectivity index (χ3v) is 5.58. The van der Waals surface area contributed by atoms with E-state index in [1.807, 2.05) is 36.4 Å². The number of hydrogen-bond donors (Lipinski definition) is 1. The van der Waals surface area contributed by atoms with Crippen LogP contribution in [0.15, 0.2) is 76.5 Å². The average Bonchev–Trinajstić information content (AvgIpc) is 2.80. The molecular formula is C24H20N2O4S. The zero-order valence-corrected chi connectivity index (χ0v) is 17.6. The molecule has 0 saturated heterocycles. The molecule has 4 rings (SSSR count). The summed E-state index contributed by atoms with van der Waals surface area (Å²) in [6.45, 7) is 2.61. The molecule has 0 spiro atoms. The van der Waals surface area contributed by atoms with Crippen LogP contribution in [0, 0.1) is 11.3 Å². The molecule has 3 aromatic rings. The molecule has 0 saturated carbocycles. The highest BCUT2D eigenvalue weighted by molar-refractivity contribution is 7.99. The zero-order chi connectivity index (χ0) is 21.6. The Morgan fingerprint density at radius 1 is 1.06 bits per heavy atom. The molecule has 7 heteroatoms.